The highest BCUT2D eigenvalue weighted by Crippen LogP contribution is 2.40. The summed E-state index contributed by atoms with van der Waals surface area (Å²) < 4.78 is 0. The number of Topliss-reactive ketones (excluding diaryl/α,β-unsaturated/α-hetero) is 1. The van der Waals surface area contributed by atoms with Gasteiger partial charge in [0.2, 0.25) is 5.91 Å². The van der Waals surface area contributed by atoms with E-state index < -0.39 is 0 Å². The summed E-state index contributed by atoms with van der Waals surface area (Å²) >= 11 is 0. The van der Waals surface area contributed by atoms with Crippen LogP contribution in [0, 0.1) is 17.8 Å². The molecule has 118 valence electrons. The monoisotopic (exact) mass is 291 g/mol. The molecule has 2 bridgehead atoms. The van der Waals surface area contributed by atoms with Gasteiger partial charge in [0.15, 0.2) is 0 Å². The number of fused-ring (bicyclic) bond motifs is 2. The van der Waals surface area contributed by atoms with E-state index in [2.05, 4.69) is 5.32 Å². The molecule has 1 amide bonds. The van der Waals surface area contributed by atoms with Crippen molar-refractivity contribution in [2.75, 3.05) is 0 Å². The molecule has 3 aliphatic rings. The second kappa shape index (κ2) is 6.93. The van der Waals surface area contributed by atoms with Crippen molar-refractivity contribution < 1.29 is 9.59 Å². The Bertz CT molecular complexity index is 369. The van der Waals surface area contributed by atoms with Crippen LogP contribution >= 0.6 is 0 Å². The number of amides is 1. The standard InChI is InChI=1S/C18H29NO2/c20-17-13-7-6-8-14(17)12-15(11-13)18(21)19-16-9-4-2-1-3-5-10-16/h13-16H,1-12H2,(H,19,21). The van der Waals surface area contributed by atoms with E-state index in [1.807, 2.05) is 0 Å². The average molecular weight is 291 g/mol. The predicted octanol–water partition coefficient (Wildman–Crippen LogP) is 3.61. The van der Waals surface area contributed by atoms with E-state index in [4.69, 9.17) is 0 Å². The Balaban J connectivity index is 1.54. The zero-order chi connectivity index (χ0) is 14.7. The zero-order valence-electron chi connectivity index (χ0n) is 13.1. The maximum absolute atomic E-state index is 12.6. The Morgan fingerprint density at radius 3 is 2.00 bits per heavy atom. The van der Waals surface area contributed by atoms with Crippen molar-refractivity contribution in [1.82, 2.24) is 5.32 Å². The van der Waals surface area contributed by atoms with Crippen molar-refractivity contribution in [3.63, 3.8) is 0 Å². The van der Waals surface area contributed by atoms with Gasteiger partial charge in [0, 0.05) is 23.8 Å². The highest BCUT2D eigenvalue weighted by atomic mass is 16.2. The lowest BCUT2D eigenvalue weighted by atomic mass is 9.67. The Labute approximate surface area is 128 Å². The number of carbonyl (C=O) groups is 2. The highest BCUT2D eigenvalue weighted by molar-refractivity contribution is 5.88. The molecule has 3 nitrogen and oxygen atoms in total. The Morgan fingerprint density at radius 1 is 0.810 bits per heavy atom. The van der Waals surface area contributed by atoms with Crippen LogP contribution in [0.1, 0.15) is 77.0 Å². The van der Waals surface area contributed by atoms with Gasteiger partial charge in [-0.1, -0.05) is 38.5 Å². The minimum atomic E-state index is 0.100. The van der Waals surface area contributed by atoms with E-state index in [1.165, 1.54) is 38.5 Å². The first-order chi connectivity index (χ1) is 10.2. The third-order valence-corrected chi connectivity index (χ3v) is 5.87. The minimum Gasteiger partial charge on any atom is -0.353 e. The SMILES string of the molecule is O=C(NC1CCCCCCC1)C1CC2CCCC(C1)C2=O. The average Bonchev–Trinajstić information content (AvgIpc) is 2.41. The summed E-state index contributed by atoms with van der Waals surface area (Å²) in [5, 5.41) is 3.31. The molecule has 0 heterocycles. The third kappa shape index (κ3) is 3.67. The van der Waals surface area contributed by atoms with Crippen molar-refractivity contribution in [1.29, 1.82) is 0 Å². The topological polar surface area (TPSA) is 46.2 Å². The van der Waals surface area contributed by atoms with Gasteiger partial charge in [0.25, 0.3) is 0 Å². The number of hydrogen-bond acceptors (Lipinski definition) is 2. The van der Waals surface area contributed by atoms with Crippen LogP contribution in [0.5, 0.6) is 0 Å². The largest absolute Gasteiger partial charge is 0.353 e. The molecule has 2 unspecified atom stereocenters. The van der Waals surface area contributed by atoms with Crippen molar-refractivity contribution in [3.05, 3.63) is 0 Å². The summed E-state index contributed by atoms with van der Waals surface area (Å²) in [6.45, 7) is 0. The Morgan fingerprint density at radius 2 is 1.38 bits per heavy atom. The molecule has 0 aromatic heterocycles. The van der Waals surface area contributed by atoms with Crippen molar-refractivity contribution in [3.8, 4) is 0 Å². The van der Waals surface area contributed by atoms with E-state index in [0.29, 0.717) is 11.8 Å². The first kappa shape index (κ1) is 15.1. The minimum absolute atomic E-state index is 0.100. The van der Waals surface area contributed by atoms with E-state index >= 15 is 0 Å². The summed E-state index contributed by atoms with van der Waals surface area (Å²) in [6.07, 6.45) is 13.6. The molecule has 3 rings (SSSR count). The molecule has 21 heavy (non-hydrogen) atoms. The molecule has 0 radical (unpaired) electrons. The van der Waals surface area contributed by atoms with Crippen molar-refractivity contribution in [2.24, 2.45) is 17.8 Å². The van der Waals surface area contributed by atoms with Crippen LogP contribution in [-0.2, 0) is 9.59 Å². The first-order valence-corrected chi connectivity index (χ1v) is 9.08. The molecular formula is C18H29NO2. The van der Waals surface area contributed by atoms with Gasteiger partial charge in [-0.2, -0.15) is 0 Å². The molecule has 3 heteroatoms. The molecule has 3 aliphatic carbocycles. The summed E-state index contributed by atoms with van der Waals surface area (Å²) in [7, 11) is 0. The fourth-order valence-corrected chi connectivity index (χ4v) is 4.61. The molecule has 0 aromatic carbocycles. The van der Waals surface area contributed by atoms with E-state index in [0.717, 1.165) is 38.5 Å². The maximum atomic E-state index is 12.6. The number of carbonyl (C=O) groups excluding carboxylic acids is 2. The number of rotatable bonds is 2. The quantitative estimate of drug-likeness (QED) is 0.844. The smallest absolute Gasteiger partial charge is 0.223 e. The molecule has 0 aromatic rings. The fraction of sp³-hybridized carbons (Fsp3) is 0.889. The lowest BCUT2D eigenvalue weighted by molar-refractivity contribution is -0.138. The zero-order valence-corrected chi connectivity index (χ0v) is 13.1. The summed E-state index contributed by atoms with van der Waals surface area (Å²) in [6, 6.07) is 0.385. The number of nitrogens with one attached hydrogen (secondary N) is 1. The lowest BCUT2D eigenvalue weighted by Crippen LogP contribution is -2.45. The fourth-order valence-electron chi connectivity index (χ4n) is 4.61. The van der Waals surface area contributed by atoms with Crippen molar-refractivity contribution >= 4 is 11.7 Å². The molecule has 3 saturated carbocycles. The highest BCUT2D eigenvalue weighted by Gasteiger charge is 2.41. The normalized spacial score (nSPS) is 34.9. The van der Waals surface area contributed by atoms with Crippen LogP contribution in [0.3, 0.4) is 0 Å². The van der Waals surface area contributed by atoms with Crippen LogP contribution < -0.4 is 5.32 Å². The van der Waals surface area contributed by atoms with Gasteiger partial charge in [-0.05, 0) is 38.5 Å². The summed E-state index contributed by atoms with van der Waals surface area (Å²) in [5.74, 6) is 1.17. The molecule has 0 saturated heterocycles. The molecule has 0 spiro atoms. The van der Waals surface area contributed by atoms with Crippen LogP contribution in [-0.4, -0.2) is 17.7 Å². The number of hydrogen-bond donors (Lipinski definition) is 1. The predicted molar refractivity (Wildman–Crippen MR) is 82.8 cm³/mol. The third-order valence-electron chi connectivity index (χ3n) is 5.87. The molecule has 2 atom stereocenters. The summed E-state index contributed by atoms with van der Waals surface area (Å²) in [5.41, 5.74) is 0. The first-order valence-electron chi connectivity index (χ1n) is 9.08. The van der Waals surface area contributed by atoms with E-state index in [-0.39, 0.29) is 23.7 Å². The van der Waals surface area contributed by atoms with Gasteiger partial charge in [0.1, 0.15) is 5.78 Å². The molecule has 1 N–H and O–H groups in total. The maximum Gasteiger partial charge on any atom is 0.223 e. The Hall–Kier alpha value is -0.860. The van der Waals surface area contributed by atoms with Gasteiger partial charge in [-0.25, -0.2) is 0 Å². The van der Waals surface area contributed by atoms with Crippen molar-refractivity contribution in [2.45, 2.75) is 83.1 Å². The Kier molecular flexibility index (Phi) is 4.97. The van der Waals surface area contributed by atoms with Gasteiger partial charge in [-0.3, -0.25) is 9.59 Å². The van der Waals surface area contributed by atoms with Gasteiger partial charge < -0.3 is 5.32 Å². The van der Waals surface area contributed by atoms with E-state index in [1.54, 1.807) is 0 Å². The van der Waals surface area contributed by atoms with Gasteiger partial charge in [0.05, 0.1) is 0 Å². The van der Waals surface area contributed by atoms with Gasteiger partial charge in [-0.15, -0.1) is 0 Å². The van der Waals surface area contributed by atoms with Crippen LogP contribution in [0.15, 0.2) is 0 Å². The second-order valence-electron chi connectivity index (χ2n) is 7.45. The van der Waals surface area contributed by atoms with Crippen LogP contribution in [0.2, 0.25) is 0 Å². The van der Waals surface area contributed by atoms with Gasteiger partial charge >= 0.3 is 0 Å². The molecular weight excluding hydrogens is 262 g/mol. The second-order valence-corrected chi connectivity index (χ2v) is 7.45. The molecule has 3 fully saturated rings. The lowest BCUT2D eigenvalue weighted by Gasteiger charge is -2.37. The van der Waals surface area contributed by atoms with Crippen LogP contribution in [0.4, 0.5) is 0 Å². The van der Waals surface area contributed by atoms with Crippen LogP contribution in [0.25, 0.3) is 0 Å². The number of ketones is 1. The molecule has 0 aliphatic heterocycles. The summed E-state index contributed by atoms with van der Waals surface area (Å²) in [4.78, 5) is 24.7. The van der Waals surface area contributed by atoms with E-state index in [9.17, 15) is 9.59 Å².